The minimum Gasteiger partial charge on any atom is -0.320 e. The number of sulfone groups is 1. The van der Waals surface area contributed by atoms with Crippen molar-refractivity contribution in [2.24, 2.45) is 5.73 Å². The van der Waals surface area contributed by atoms with Crippen molar-refractivity contribution in [3.63, 3.8) is 0 Å². The number of hydrogen-bond acceptors (Lipinski definition) is 5. The van der Waals surface area contributed by atoms with E-state index in [1.54, 1.807) is 41.4 Å². The summed E-state index contributed by atoms with van der Waals surface area (Å²) in [6, 6.07) is 9.53. The van der Waals surface area contributed by atoms with Crippen LogP contribution in [0.3, 0.4) is 0 Å². The molecule has 2 N–H and O–H groups in total. The Morgan fingerprint density at radius 3 is 2.61 bits per heavy atom. The van der Waals surface area contributed by atoms with E-state index in [-0.39, 0.29) is 10.8 Å². The predicted molar refractivity (Wildman–Crippen MR) is 86.7 cm³/mol. The SMILES string of the molecule is CS(=O)(=O)c1ccc(CN2C(=O)C(N)Cc3ncccc32)cc1. The lowest BCUT2D eigenvalue weighted by Crippen LogP contribution is -2.48. The summed E-state index contributed by atoms with van der Waals surface area (Å²) in [5.41, 5.74) is 8.29. The lowest BCUT2D eigenvalue weighted by Gasteiger charge is -2.32. The topological polar surface area (TPSA) is 93.4 Å². The van der Waals surface area contributed by atoms with Crippen molar-refractivity contribution >= 4 is 21.4 Å². The molecule has 1 amide bonds. The molecule has 2 heterocycles. The normalized spacial score (nSPS) is 17.9. The van der Waals surface area contributed by atoms with Crippen molar-refractivity contribution < 1.29 is 13.2 Å². The fraction of sp³-hybridized carbons (Fsp3) is 0.250. The Morgan fingerprint density at radius 1 is 1.26 bits per heavy atom. The quantitative estimate of drug-likeness (QED) is 0.902. The van der Waals surface area contributed by atoms with Gasteiger partial charge in [-0.2, -0.15) is 0 Å². The second-order valence-corrected chi connectivity index (χ2v) is 7.64. The van der Waals surface area contributed by atoms with Gasteiger partial charge in [-0.15, -0.1) is 0 Å². The molecule has 0 saturated heterocycles. The van der Waals surface area contributed by atoms with Gasteiger partial charge in [-0.25, -0.2) is 8.42 Å². The second-order valence-electron chi connectivity index (χ2n) is 5.62. The minimum atomic E-state index is -3.23. The third-order valence-electron chi connectivity index (χ3n) is 3.85. The van der Waals surface area contributed by atoms with Gasteiger partial charge in [0.15, 0.2) is 9.84 Å². The van der Waals surface area contributed by atoms with Crippen LogP contribution in [-0.2, 0) is 27.6 Å². The number of rotatable bonds is 3. The summed E-state index contributed by atoms with van der Waals surface area (Å²) in [6.45, 7) is 0.329. The molecule has 1 aromatic heterocycles. The molecule has 0 spiro atoms. The highest BCUT2D eigenvalue weighted by Gasteiger charge is 2.31. The maximum atomic E-state index is 12.4. The van der Waals surface area contributed by atoms with E-state index in [0.717, 1.165) is 23.2 Å². The van der Waals surface area contributed by atoms with E-state index in [1.165, 1.54) is 0 Å². The Kier molecular flexibility index (Phi) is 3.91. The molecule has 0 radical (unpaired) electrons. The predicted octanol–water partition coefficient (Wildman–Crippen LogP) is 0.902. The second kappa shape index (κ2) is 5.75. The highest BCUT2D eigenvalue weighted by Crippen LogP contribution is 2.27. The number of nitrogens with zero attached hydrogens (tertiary/aromatic N) is 2. The zero-order chi connectivity index (χ0) is 16.6. The van der Waals surface area contributed by atoms with Gasteiger partial charge in [-0.1, -0.05) is 12.1 Å². The molecular weight excluding hydrogens is 314 g/mol. The van der Waals surface area contributed by atoms with Crippen LogP contribution in [0.15, 0.2) is 47.5 Å². The van der Waals surface area contributed by atoms with Crippen molar-refractivity contribution in [3.05, 3.63) is 53.9 Å². The van der Waals surface area contributed by atoms with Gasteiger partial charge in [0.05, 0.1) is 28.9 Å². The highest BCUT2D eigenvalue weighted by atomic mass is 32.2. The van der Waals surface area contributed by atoms with E-state index >= 15 is 0 Å². The molecule has 1 aromatic carbocycles. The summed E-state index contributed by atoms with van der Waals surface area (Å²) >= 11 is 0. The Labute approximate surface area is 134 Å². The maximum Gasteiger partial charge on any atom is 0.244 e. The van der Waals surface area contributed by atoms with Crippen LogP contribution in [0.5, 0.6) is 0 Å². The average molecular weight is 331 g/mol. The summed E-state index contributed by atoms with van der Waals surface area (Å²) in [5.74, 6) is -0.155. The molecule has 0 saturated carbocycles. The van der Waals surface area contributed by atoms with Gasteiger partial charge in [-0.3, -0.25) is 9.78 Å². The van der Waals surface area contributed by atoms with Gasteiger partial charge in [0.25, 0.3) is 0 Å². The summed E-state index contributed by atoms with van der Waals surface area (Å²) in [7, 11) is -3.23. The van der Waals surface area contributed by atoms with Crippen LogP contribution in [0.4, 0.5) is 5.69 Å². The average Bonchev–Trinajstić information content (AvgIpc) is 2.51. The molecule has 1 unspecified atom stereocenters. The lowest BCUT2D eigenvalue weighted by molar-refractivity contribution is -0.120. The molecule has 1 aliphatic rings. The van der Waals surface area contributed by atoms with E-state index < -0.39 is 15.9 Å². The summed E-state index contributed by atoms with van der Waals surface area (Å²) < 4.78 is 23.0. The standard InChI is InChI=1S/C16H17N3O3S/c1-23(21,22)12-6-4-11(5-7-12)10-19-15-3-2-8-18-14(15)9-13(17)16(19)20/h2-8,13H,9-10,17H2,1H3. The third kappa shape index (κ3) is 3.11. The first-order chi connectivity index (χ1) is 10.9. The number of amides is 1. The zero-order valence-electron chi connectivity index (χ0n) is 12.6. The molecule has 120 valence electrons. The van der Waals surface area contributed by atoms with Crippen LogP contribution in [0, 0.1) is 0 Å². The van der Waals surface area contributed by atoms with Gasteiger partial charge in [0.1, 0.15) is 0 Å². The number of carbonyl (C=O) groups excluding carboxylic acids is 1. The molecule has 0 fully saturated rings. The van der Waals surface area contributed by atoms with Crippen molar-refractivity contribution in [2.75, 3.05) is 11.2 Å². The Bertz CT molecular complexity index is 847. The first kappa shape index (κ1) is 15.6. The van der Waals surface area contributed by atoms with E-state index in [2.05, 4.69) is 4.98 Å². The molecule has 1 aliphatic heterocycles. The summed E-state index contributed by atoms with van der Waals surface area (Å²) in [5, 5.41) is 0. The molecular formula is C16H17N3O3S. The number of pyridine rings is 1. The number of fused-ring (bicyclic) bond motifs is 1. The zero-order valence-corrected chi connectivity index (χ0v) is 13.5. The number of benzene rings is 1. The fourth-order valence-corrected chi connectivity index (χ4v) is 3.27. The lowest BCUT2D eigenvalue weighted by atomic mass is 10.0. The van der Waals surface area contributed by atoms with Gasteiger partial charge in [0, 0.05) is 18.9 Å². The van der Waals surface area contributed by atoms with E-state index in [4.69, 9.17) is 5.73 Å². The smallest absolute Gasteiger partial charge is 0.244 e. The fourth-order valence-electron chi connectivity index (χ4n) is 2.63. The Morgan fingerprint density at radius 2 is 1.96 bits per heavy atom. The van der Waals surface area contributed by atoms with E-state index in [0.29, 0.717) is 13.0 Å². The largest absolute Gasteiger partial charge is 0.320 e. The van der Waals surface area contributed by atoms with Crippen LogP contribution < -0.4 is 10.6 Å². The maximum absolute atomic E-state index is 12.4. The van der Waals surface area contributed by atoms with Crippen molar-refractivity contribution in [2.45, 2.75) is 23.9 Å². The Balaban J connectivity index is 1.91. The van der Waals surface area contributed by atoms with Crippen molar-refractivity contribution in [3.8, 4) is 0 Å². The minimum absolute atomic E-state index is 0.155. The van der Waals surface area contributed by atoms with Crippen LogP contribution in [0.25, 0.3) is 0 Å². The molecule has 3 rings (SSSR count). The van der Waals surface area contributed by atoms with Gasteiger partial charge >= 0.3 is 0 Å². The Hall–Kier alpha value is -2.25. The molecule has 6 nitrogen and oxygen atoms in total. The molecule has 7 heteroatoms. The first-order valence-electron chi connectivity index (χ1n) is 7.16. The first-order valence-corrected chi connectivity index (χ1v) is 9.05. The van der Waals surface area contributed by atoms with Crippen molar-refractivity contribution in [1.82, 2.24) is 4.98 Å². The molecule has 23 heavy (non-hydrogen) atoms. The molecule has 0 bridgehead atoms. The summed E-state index contributed by atoms with van der Waals surface area (Å²) in [4.78, 5) is 18.5. The summed E-state index contributed by atoms with van der Waals surface area (Å²) in [6.07, 6.45) is 3.27. The molecule has 1 atom stereocenters. The van der Waals surface area contributed by atoms with E-state index in [9.17, 15) is 13.2 Å². The number of nitrogens with two attached hydrogens (primary N) is 1. The number of carbonyl (C=O) groups is 1. The van der Waals surface area contributed by atoms with Gasteiger partial charge in [-0.05, 0) is 29.8 Å². The third-order valence-corrected chi connectivity index (χ3v) is 4.97. The van der Waals surface area contributed by atoms with Crippen LogP contribution in [0.2, 0.25) is 0 Å². The van der Waals surface area contributed by atoms with Crippen LogP contribution in [-0.4, -0.2) is 31.6 Å². The monoisotopic (exact) mass is 331 g/mol. The van der Waals surface area contributed by atoms with Gasteiger partial charge in [0.2, 0.25) is 5.91 Å². The highest BCUT2D eigenvalue weighted by molar-refractivity contribution is 7.90. The van der Waals surface area contributed by atoms with Crippen LogP contribution in [0.1, 0.15) is 11.3 Å². The number of aromatic nitrogens is 1. The number of hydrogen-bond donors (Lipinski definition) is 1. The number of anilines is 1. The van der Waals surface area contributed by atoms with Crippen molar-refractivity contribution in [1.29, 1.82) is 0 Å². The van der Waals surface area contributed by atoms with Crippen LogP contribution >= 0.6 is 0 Å². The van der Waals surface area contributed by atoms with E-state index in [1.807, 2.05) is 6.07 Å². The molecule has 0 aliphatic carbocycles. The van der Waals surface area contributed by atoms with Gasteiger partial charge < -0.3 is 10.6 Å². The molecule has 2 aromatic rings.